The third kappa shape index (κ3) is 4.51. The van der Waals surface area contributed by atoms with Crippen molar-refractivity contribution in [2.45, 2.75) is 6.54 Å². The fourth-order valence-corrected chi connectivity index (χ4v) is 2.32. The molecule has 0 spiro atoms. The largest absolute Gasteiger partial charge is 0.350 e. The van der Waals surface area contributed by atoms with E-state index in [1.165, 1.54) is 36.5 Å². The Kier molecular flexibility index (Phi) is 5.20. The van der Waals surface area contributed by atoms with Gasteiger partial charge in [-0.2, -0.15) is 0 Å². The molecule has 0 aliphatic heterocycles. The van der Waals surface area contributed by atoms with Crippen LogP contribution in [-0.4, -0.2) is 15.9 Å². The molecule has 126 valence electrons. The van der Waals surface area contributed by atoms with E-state index in [-0.39, 0.29) is 11.5 Å². The molecule has 0 radical (unpaired) electrons. The predicted octanol–water partition coefficient (Wildman–Crippen LogP) is 4.13. The lowest BCUT2D eigenvalue weighted by Crippen LogP contribution is -2.15. The normalized spacial score (nSPS) is 10.3. The van der Waals surface area contributed by atoms with Crippen molar-refractivity contribution in [3.8, 4) is 0 Å². The van der Waals surface area contributed by atoms with Crippen molar-refractivity contribution >= 4 is 29.1 Å². The number of benzene rings is 2. The first-order valence-corrected chi connectivity index (χ1v) is 7.87. The fraction of sp³-hybridized carbons (Fsp3) is 0.0556. The van der Waals surface area contributed by atoms with Crippen LogP contribution in [0.15, 0.2) is 60.8 Å². The van der Waals surface area contributed by atoms with Gasteiger partial charge in [-0.1, -0.05) is 29.8 Å². The molecule has 3 aromatic rings. The zero-order chi connectivity index (χ0) is 17.6. The molecule has 1 amide bonds. The first-order valence-electron chi connectivity index (χ1n) is 7.49. The number of carbonyl (C=O) groups excluding carboxylic acids is 1. The third-order valence-corrected chi connectivity index (χ3v) is 3.75. The molecule has 0 fully saturated rings. The maximum absolute atomic E-state index is 12.9. The molecule has 0 aliphatic rings. The monoisotopic (exact) mass is 356 g/mol. The van der Waals surface area contributed by atoms with Crippen molar-refractivity contribution in [2.24, 2.45) is 0 Å². The van der Waals surface area contributed by atoms with Crippen LogP contribution < -0.4 is 10.6 Å². The highest BCUT2D eigenvalue weighted by molar-refractivity contribution is 6.31. The number of carbonyl (C=O) groups is 1. The van der Waals surface area contributed by atoms with E-state index in [2.05, 4.69) is 20.6 Å². The molecule has 3 rings (SSSR count). The molecular weight excluding hydrogens is 343 g/mol. The van der Waals surface area contributed by atoms with E-state index >= 15 is 0 Å². The molecule has 7 heteroatoms. The minimum absolute atomic E-state index is 0.195. The lowest BCUT2D eigenvalue weighted by atomic mass is 10.2. The van der Waals surface area contributed by atoms with Gasteiger partial charge in [-0.25, -0.2) is 14.4 Å². The van der Waals surface area contributed by atoms with Gasteiger partial charge < -0.3 is 10.6 Å². The highest BCUT2D eigenvalue weighted by Crippen LogP contribution is 2.16. The van der Waals surface area contributed by atoms with E-state index in [4.69, 9.17) is 11.6 Å². The number of hydrogen-bond acceptors (Lipinski definition) is 4. The second-order valence-electron chi connectivity index (χ2n) is 5.17. The SMILES string of the molecule is O=C(Nc1ccc(F)cc1)c1ccnc(NCc2ccccc2Cl)n1. The average molecular weight is 357 g/mol. The van der Waals surface area contributed by atoms with Gasteiger partial charge in [0.2, 0.25) is 5.95 Å². The van der Waals surface area contributed by atoms with Crippen LogP contribution in [0.1, 0.15) is 16.1 Å². The van der Waals surface area contributed by atoms with E-state index in [0.29, 0.717) is 23.2 Å². The first-order chi connectivity index (χ1) is 12.1. The number of nitrogens with zero attached hydrogens (tertiary/aromatic N) is 2. The van der Waals surface area contributed by atoms with E-state index in [0.717, 1.165) is 5.56 Å². The molecule has 0 saturated heterocycles. The number of rotatable bonds is 5. The predicted molar refractivity (Wildman–Crippen MR) is 95.2 cm³/mol. The van der Waals surface area contributed by atoms with Gasteiger partial charge in [0.1, 0.15) is 11.5 Å². The lowest BCUT2D eigenvalue weighted by molar-refractivity contribution is 0.102. The molecule has 0 bridgehead atoms. The first kappa shape index (κ1) is 16.9. The second kappa shape index (κ2) is 7.72. The summed E-state index contributed by atoms with van der Waals surface area (Å²) < 4.78 is 12.9. The van der Waals surface area contributed by atoms with Gasteiger partial charge in [-0.3, -0.25) is 4.79 Å². The van der Waals surface area contributed by atoms with Crippen LogP contribution in [0.2, 0.25) is 5.02 Å². The number of aromatic nitrogens is 2. The number of hydrogen-bond donors (Lipinski definition) is 2. The maximum Gasteiger partial charge on any atom is 0.274 e. The van der Waals surface area contributed by atoms with Gasteiger partial charge in [0.25, 0.3) is 5.91 Å². The Bertz CT molecular complexity index is 886. The number of amides is 1. The van der Waals surface area contributed by atoms with E-state index in [1.807, 2.05) is 18.2 Å². The van der Waals surface area contributed by atoms with Crippen LogP contribution in [0.25, 0.3) is 0 Å². The summed E-state index contributed by atoms with van der Waals surface area (Å²) in [5.74, 6) is -0.465. The summed E-state index contributed by atoms with van der Waals surface area (Å²) in [6.45, 7) is 0.433. The van der Waals surface area contributed by atoms with Crippen LogP contribution in [0.3, 0.4) is 0 Å². The summed E-state index contributed by atoms with van der Waals surface area (Å²) >= 11 is 6.10. The number of anilines is 2. The van der Waals surface area contributed by atoms with Crippen molar-refractivity contribution in [2.75, 3.05) is 10.6 Å². The Hall–Kier alpha value is -2.99. The summed E-state index contributed by atoms with van der Waals surface area (Å²) in [5, 5.41) is 6.32. The number of nitrogens with one attached hydrogen (secondary N) is 2. The van der Waals surface area contributed by atoms with Gasteiger partial charge in [0.05, 0.1) is 0 Å². The Labute approximate surface area is 148 Å². The molecule has 0 aliphatic carbocycles. The molecule has 1 heterocycles. The van der Waals surface area contributed by atoms with Gasteiger partial charge in [-0.15, -0.1) is 0 Å². The highest BCUT2D eigenvalue weighted by Gasteiger charge is 2.09. The van der Waals surface area contributed by atoms with E-state index < -0.39 is 5.91 Å². The smallest absolute Gasteiger partial charge is 0.274 e. The van der Waals surface area contributed by atoms with Gasteiger partial charge in [0, 0.05) is 23.5 Å². The van der Waals surface area contributed by atoms with Crippen LogP contribution in [-0.2, 0) is 6.54 Å². The third-order valence-electron chi connectivity index (χ3n) is 3.39. The Morgan fingerprint density at radius 1 is 1.08 bits per heavy atom. The van der Waals surface area contributed by atoms with Crippen molar-refractivity contribution in [1.29, 1.82) is 0 Å². The van der Waals surface area contributed by atoms with Gasteiger partial charge >= 0.3 is 0 Å². The van der Waals surface area contributed by atoms with Crippen LogP contribution in [0.4, 0.5) is 16.0 Å². The minimum atomic E-state index is -0.408. The molecule has 5 nitrogen and oxygen atoms in total. The maximum atomic E-state index is 12.9. The standard InChI is InChI=1S/C18H14ClFN4O/c19-15-4-2-1-3-12(15)11-22-18-21-10-9-16(24-18)17(25)23-14-7-5-13(20)6-8-14/h1-10H,11H2,(H,23,25)(H,21,22,24). The summed E-state index contributed by atoms with van der Waals surface area (Å²) in [7, 11) is 0. The summed E-state index contributed by atoms with van der Waals surface area (Å²) in [6, 6.07) is 14.4. The van der Waals surface area contributed by atoms with Crippen LogP contribution in [0, 0.1) is 5.82 Å². The Morgan fingerprint density at radius 2 is 1.84 bits per heavy atom. The van der Waals surface area contributed by atoms with E-state index in [1.54, 1.807) is 6.07 Å². The fourth-order valence-electron chi connectivity index (χ4n) is 2.11. The van der Waals surface area contributed by atoms with Crippen LogP contribution in [0.5, 0.6) is 0 Å². The molecule has 2 aromatic carbocycles. The zero-order valence-corrected chi connectivity index (χ0v) is 13.8. The van der Waals surface area contributed by atoms with Gasteiger partial charge in [-0.05, 0) is 42.0 Å². The molecule has 2 N–H and O–H groups in total. The molecular formula is C18H14ClFN4O. The summed E-state index contributed by atoms with van der Waals surface area (Å²) in [6.07, 6.45) is 1.49. The Morgan fingerprint density at radius 3 is 2.60 bits per heavy atom. The van der Waals surface area contributed by atoms with E-state index in [9.17, 15) is 9.18 Å². The second-order valence-corrected chi connectivity index (χ2v) is 5.58. The molecule has 25 heavy (non-hydrogen) atoms. The molecule has 0 unspecified atom stereocenters. The zero-order valence-electron chi connectivity index (χ0n) is 13.0. The van der Waals surface area contributed by atoms with Crippen molar-refractivity contribution in [1.82, 2.24) is 9.97 Å². The van der Waals surface area contributed by atoms with Crippen molar-refractivity contribution < 1.29 is 9.18 Å². The molecule has 0 atom stereocenters. The molecule has 1 aromatic heterocycles. The number of halogens is 2. The topological polar surface area (TPSA) is 66.9 Å². The highest BCUT2D eigenvalue weighted by atomic mass is 35.5. The van der Waals surface area contributed by atoms with Crippen molar-refractivity contribution in [3.63, 3.8) is 0 Å². The summed E-state index contributed by atoms with van der Waals surface area (Å²) in [4.78, 5) is 20.5. The van der Waals surface area contributed by atoms with Crippen molar-refractivity contribution in [3.05, 3.63) is 82.9 Å². The quantitative estimate of drug-likeness (QED) is 0.721. The summed E-state index contributed by atoms with van der Waals surface area (Å²) in [5.41, 5.74) is 1.57. The Balaban J connectivity index is 1.67. The van der Waals surface area contributed by atoms with Gasteiger partial charge in [0.15, 0.2) is 0 Å². The minimum Gasteiger partial charge on any atom is -0.350 e. The average Bonchev–Trinajstić information content (AvgIpc) is 2.63. The lowest BCUT2D eigenvalue weighted by Gasteiger charge is -2.08. The molecule has 0 saturated carbocycles. The van der Waals surface area contributed by atoms with Crippen LogP contribution >= 0.6 is 11.6 Å².